The van der Waals surface area contributed by atoms with E-state index in [-0.39, 0.29) is 11.9 Å². The first-order valence-corrected chi connectivity index (χ1v) is 7.40. The first-order chi connectivity index (χ1) is 8.65. The molecule has 1 heterocycles. The smallest absolute Gasteiger partial charge is 0.234 e. The monoisotopic (exact) mass is 255 g/mol. The minimum Gasteiger partial charge on any atom is -0.353 e. The van der Waals surface area contributed by atoms with Crippen LogP contribution in [0.4, 0.5) is 0 Å². The summed E-state index contributed by atoms with van der Waals surface area (Å²) in [7, 11) is 0. The Labute approximate surface area is 111 Å². The standard InChI is InChI=1S/C14H29N3O/c1-4-8-17-9-6-13(7-10-17)15-11-14(18)16-12(3)5-2/h12-13,15H,4-11H2,1-3H3,(H,16,18). The summed E-state index contributed by atoms with van der Waals surface area (Å²) in [6.45, 7) is 10.4. The minimum atomic E-state index is 0.125. The maximum Gasteiger partial charge on any atom is 0.234 e. The second kappa shape index (κ2) is 8.48. The Morgan fingerprint density at radius 3 is 2.56 bits per heavy atom. The van der Waals surface area contributed by atoms with Crippen molar-refractivity contribution in [3.63, 3.8) is 0 Å². The van der Waals surface area contributed by atoms with Crippen molar-refractivity contribution in [1.29, 1.82) is 0 Å². The average Bonchev–Trinajstić information content (AvgIpc) is 2.38. The molecular formula is C14H29N3O. The average molecular weight is 255 g/mol. The van der Waals surface area contributed by atoms with E-state index in [1.54, 1.807) is 0 Å². The third-order valence-corrected chi connectivity index (χ3v) is 3.70. The molecular weight excluding hydrogens is 226 g/mol. The van der Waals surface area contributed by atoms with Gasteiger partial charge >= 0.3 is 0 Å². The molecule has 1 fully saturated rings. The summed E-state index contributed by atoms with van der Waals surface area (Å²) in [6, 6.07) is 0.798. The number of nitrogens with zero attached hydrogens (tertiary/aromatic N) is 1. The highest BCUT2D eigenvalue weighted by molar-refractivity contribution is 5.78. The highest BCUT2D eigenvalue weighted by Crippen LogP contribution is 2.10. The molecule has 1 unspecified atom stereocenters. The normalized spacial score (nSPS) is 19.7. The molecule has 18 heavy (non-hydrogen) atoms. The molecule has 1 saturated heterocycles. The van der Waals surface area contributed by atoms with E-state index >= 15 is 0 Å². The first kappa shape index (κ1) is 15.4. The fourth-order valence-corrected chi connectivity index (χ4v) is 2.34. The van der Waals surface area contributed by atoms with Crippen molar-refractivity contribution in [2.24, 2.45) is 0 Å². The lowest BCUT2D eigenvalue weighted by Crippen LogP contribution is -2.46. The third kappa shape index (κ3) is 5.83. The summed E-state index contributed by atoms with van der Waals surface area (Å²) < 4.78 is 0. The van der Waals surface area contributed by atoms with Gasteiger partial charge in [0.25, 0.3) is 0 Å². The largest absolute Gasteiger partial charge is 0.353 e. The number of rotatable bonds is 7. The van der Waals surface area contributed by atoms with Crippen molar-refractivity contribution in [2.75, 3.05) is 26.2 Å². The fraction of sp³-hybridized carbons (Fsp3) is 0.929. The van der Waals surface area contributed by atoms with Crippen molar-refractivity contribution in [1.82, 2.24) is 15.5 Å². The van der Waals surface area contributed by atoms with E-state index in [2.05, 4.69) is 29.4 Å². The van der Waals surface area contributed by atoms with Gasteiger partial charge in [-0.15, -0.1) is 0 Å². The van der Waals surface area contributed by atoms with Gasteiger partial charge in [0, 0.05) is 12.1 Å². The van der Waals surface area contributed by atoms with Crippen molar-refractivity contribution in [3.8, 4) is 0 Å². The van der Waals surface area contributed by atoms with Gasteiger partial charge in [0.2, 0.25) is 5.91 Å². The molecule has 0 aromatic rings. The zero-order valence-electron chi connectivity index (χ0n) is 12.2. The van der Waals surface area contributed by atoms with Crippen LogP contribution in [0.25, 0.3) is 0 Å². The van der Waals surface area contributed by atoms with E-state index in [1.807, 2.05) is 6.92 Å². The quantitative estimate of drug-likeness (QED) is 0.722. The van der Waals surface area contributed by atoms with Crippen molar-refractivity contribution in [3.05, 3.63) is 0 Å². The van der Waals surface area contributed by atoms with Gasteiger partial charge in [0.05, 0.1) is 6.54 Å². The molecule has 1 aliphatic heterocycles. The Kier molecular flexibility index (Phi) is 7.28. The second-order valence-corrected chi connectivity index (χ2v) is 5.37. The maximum atomic E-state index is 11.6. The Hall–Kier alpha value is -0.610. The van der Waals surface area contributed by atoms with E-state index in [1.165, 1.54) is 26.1 Å². The van der Waals surface area contributed by atoms with Crippen molar-refractivity contribution >= 4 is 5.91 Å². The molecule has 0 aliphatic carbocycles. The van der Waals surface area contributed by atoms with Crippen LogP contribution in [-0.2, 0) is 4.79 Å². The molecule has 0 aromatic carbocycles. The molecule has 1 atom stereocenters. The predicted molar refractivity (Wildman–Crippen MR) is 75.7 cm³/mol. The van der Waals surface area contributed by atoms with Gasteiger partial charge < -0.3 is 15.5 Å². The summed E-state index contributed by atoms with van der Waals surface area (Å²) in [4.78, 5) is 14.1. The van der Waals surface area contributed by atoms with Gasteiger partial charge in [-0.3, -0.25) is 4.79 Å². The van der Waals surface area contributed by atoms with Crippen LogP contribution in [0.3, 0.4) is 0 Å². The number of nitrogens with one attached hydrogen (secondary N) is 2. The zero-order valence-corrected chi connectivity index (χ0v) is 12.2. The Morgan fingerprint density at radius 1 is 1.33 bits per heavy atom. The van der Waals surface area contributed by atoms with E-state index in [4.69, 9.17) is 0 Å². The summed E-state index contributed by atoms with van der Waals surface area (Å²) in [5.74, 6) is 0.125. The first-order valence-electron chi connectivity index (χ1n) is 7.40. The van der Waals surface area contributed by atoms with Gasteiger partial charge in [0.15, 0.2) is 0 Å². The topological polar surface area (TPSA) is 44.4 Å². The molecule has 4 nitrogen and oxygen atoms in total. The van der Waals surface area contributed by atoms with Gasteiger partial charge in [-0.1, -0.05) is 13.8 Å². The van der Waals surface area contributed by atoms with Crippen LogP contribution >= 0.6 is 0 Å². The number of amides is 1. The number of hydrogen-bond donors (Lipinski definition) is 2. The summed E-state index contributed by atoms with van der Waals surface area (Å²) in [6.07, 6.45) is 4.55. The SMILES string of the molecule is CCCN1CCC(NCC(=O)NC(C)CC)CC1. The summed E-state index contributed by atoms with van der Waals surface area (Å²) in [5.41, 5.74) is 0. The van der Waals surface area contributed by atoms with Crippen LogP contribution in [0.2, 0.25) is 0 Å². The van der Waals surface area contributed by atoms with Crippen LogP contribution in [-0.4, -0.2) is 49.1 Å². The summed E-state index contributed by atoms with van der Waals surface area (Å²) >= 11 is 0. The highest BCUT2D eigenvalue weighted by Gasteiger charge is 2.18. The van der Waals surface area contributed by atoms with E-state index in [0.29, 0.717) is 12.6 Å². The van der Waals surface area contributed by atoms with Crippen LogP contribution in [0.15, 0.2) is 0 Å². The minimum absolute atomic E-state index is 0.125. The zero-order chi connectivity index (χ0) is 13.4. The number of likely N-dealkylation sites (tertiary alicyclic amines) is 1. The van der Waals surface area contributed by atoms with Crippen LogP contribution in [0.5, 0.6) is 0 Å². The molecule has 106 valence electrons. The third-order valence-electron chi connectivity index (χ3n) is 3.70. The molecule has 1 aliphatic rings. The van der Waals surface area contributed by atoms with Gasteiger partial charge in [0.1, 0.15) is 0 Å². The molecule has 4 heteroatoms. The van der Waals surface area contributed by atoms with Crippen LogP contribution in [0, 0.1) is 0 Å². The Bertz CT molecular complexity index is 237. The molecule has 0 saturated carbocycles. The number of hydrogen-bond acceptors (Lipinski definition) is 3. The van der Waals surface area contributed by atoms with Gasteiger partial charge in [-0.2, -0.15) is 0 Å². The lowest BCUT2D eigenvalue weighted by molar-refractivity contribution is -0.121. The van der Waals surface area contributed by atoms with Crippen molar-refractivity contribution in [2.45, 2.75) is 58.5 Å². The van der Waals surface area contributed by atoms with Crippen LogP contribution < -0.4 is 10.6 Å². The van der Waals surface area contributed by atoms with E-state index in [9.17, 15) is 4.79 Å². The Morgan fingerprint density at radius 2 is 2.00 bits per heavy atom. The molecule has 0 radical (unpaired) electrons. The second-order valence-electron chi connectivity index (χ2n) is 5.37. The molecule has 0 aromatic heterocycles. The molecule has 0 spiro atoms. The van der Waals surface area contributed by atoms with Gasteiger partial charge in [-0.25, -0.2) is 0 Å². The number of carbonyl (C=O) groups excluding carboxylic acids is 1. The summed E-state index contributed by atoms with van der Waals surface area (Å²) in [5, 5.41) is 6.36. The highest BCUT2D eigenvalue weighted by atomic mass is 16.1. The van der Waals surface area contributed by atoms with E-state index < -0.39 is 0 Å². The molecule has 0 bridgehead atoms. The molecule has 2 N–H and O–H groups in total. The maximum absolute atomic E-state index is 11.6. The Balaban J connectivity index is 2.12. The lowest BCUT2D eigenvalue weighted by Gasteiger charge is -2.32. The van der Waals surface area contributed by atoms with Crippen LogP contribution in [0.1, 0.15) is 46.5 Å². The fourth-order valence-electron chi connectivity index (χ4n) is 2.34. The molecule has 1 amide bonds. The predicted octanol–water partition coefficient (Wildman–Crippen LogP) is 1.37. The molecule has 1 rings (SSSR count). The van der Waals surface area contributed by atoms with Crippen molar-refractivity contribution < 1.29 is 4.79 Å². The lowest BCUT2D eigenvalue weighted by atomic mass is 10.0. The van der Waals surface area contributed by atoms with E-state index in [0.717, 1.165) is 19.3 Å². The van der Waals surface area contributed by atoms with Gasteiger partial charge in [-0.05, 0) is 52.2 Å². The number of piperidine rings is 1. The number of carbonyl (C=O) groups is 1.